The summed E-state index contributed by atoms with van der Waals surface area (Å²) in [6.45, 7) is 7.88. The Kier molecular flexibility index (Phi) is 6.83. The van der Waals surface area contributed by atoms with Gasteiger partial charge in [0, 0.05) is 35.9 Å². The zero-order valence-corrected chi connectivity index (χ0v) is 18.7. The van der Waals surface area contributed by atoms with Crippen LogP contribution < -0.4 is 5.32 Å². The summed E-state index contributed by atoms with van der Waals surface area (Å²) in [6, 6.07) is 5.09. The first-order chi connectivity index (χ1) is 15.0. The van der Waals surface area contributed by atoms with E-state index in [1.54, 1.807) is 13.8 Å². The Labute approximate surface area is 185 Å². The molecule has 0 fully saturated rings. The summed E-state index contributed by atoms with van der Waals surface area (Å²) >= 11 is 0. The number of hydrogen-bond acceptors (Lipinski definition) is 5. The van der Waals surface area contributed by atoms with Gasteiger partial charge in [0.25, 0.3) is 0 Å². The van der Waals surface area contributed by atoms with Crippen LogP contribution in [0.5, 0.6) is 0 Å². The van der Waals surface area contributed by atoms with Crippen LogP contribution >= 0.6 is 0 Å². The molecule has 1 heterocycles. The van der Waals surface area contributed by atoms with E-state index in [-0.39, 0.29) is 47.5 Å². The maximum absolute atomic E-state index is 13.9. The van der Waals surface area contributed by atoms with Gasteiger partial charge in [-0.3, -0.25) is 4.79 Å². The van der Waals surface area contributed by atoms with Gasteiger partial charge in [0.05, 0.1) is 17.7 Å². The average Bonchev–Trinajstić information content (AvgIpc) is 2.68. The van der Waals surface area contributed by atoms with Crippen molar-refractivity contribution in [3.05, 3.63) is 57.9 Å². The zero-order chi connectivity index (χ0) is 23.7. The zero-order valence-electron chi connectivity index (χ0n) is 18.7. The van der Waals surface area contributed by atoms with Crippen molar-refractivity contribution in [3.63, 3.8) is 0 Å². The third kappa shape index (κ3) is 4.90. The quantitative estimate of drug-likeness (QED) is 0.493. The number of hydrogen-bond donors (Lipinski definition) is 1. The van der Waals surface area contributed by atoms with Gasteiger partial charge in [-0.2, -0.15) is 13.2 Å². The van der Waals surface area contributed by atoms with Gasteiger partial charge in [-0.1, -0.05) is 32.0 Å². The van der Waals surface area contributed by atoms with Crippen molar-refractivity contribution < 1.29 is 32.2 Å². The molecule has 1 N–H and O–H groups in total. The number of carbonyl (C=O) groups is 2. The van der Waals surface area contributed by atoms with E-state index in [0.717, 1.165) is 6.07 Å². The third-order valence-corrected chi connectivity index (χ3v) is 5.70. The monoisotopic (exact) mass is 451 g/mol. The van der Waals surface area contributed by atoms with E-state index in [2.05, 4.69) is 5.32 Å². The number of ketones is 1. The number of rotatable bonds is 6. The minimum Gasteiger partial charge on any atom is -0.460 e. The van der Waals surface area contributed by atoms with Crippen molar-refractivity contribution >= 4 is 11.8 Å². The maximum atomic E-state index is 13.9. The van der Waals surface area contributed by atoms with Gasteiger partial charge >= 0.3 is 12.1 Å². The SMILES string of the molecule is CCOCCOC(=O)C1=C(C)NC2=C(C(=O)CC(C)(C)C2)[C@H]1c1ccccc1C(F)(F)F. The van der Waals surface area contributed by atoms with Gasteiger partial charge in [0.15, 0.2) is 5.78 Å². The summed E-state index contributed by atoms with van der Waals surface area (Å²) < 4.78 is 52.2. The number of nitrogens with one attached hydrogen (secondary N) is 1. The number of benzene rings is 1. The van der Waals surface area contributed by atoms with Gasteiger partial charge < -0.3 is 14.8 Å². The van der Waals surface area contributed by atoms with E-state index in [1.165, 1.54) is 18.2 Å². The molecule has 174 valence electrons. The minimum absolute atomic E-state index is 0.0185. The second-order valence-electron chi connectivity index (χ2n) is 8.85. The molecule has 8 heteroatoms. The topological polar surface area (TPSA) is 64.6 Å². The van der Waals surface area contributed by atoms with Crippen molar-refractivity contribution in [2.45, 2.75) is 52.6 Å². The smallest absolute Gasteiger partial charge is 0.416 e. The standard InChI is InChI=1S/C24H28F3NO4/c1-5-31-10-11-32-22(30)19-14(2)28-17-12-23(3,4)13-18(29)21(17)20(19)15-8-6-7-9-16(15)24(25,26)27/h6-9,20,28H,5,10-13H2,1-4H3/t20-/m0/s1. The summed E-state index contributed by atoms with van der Waals surface area (Å²) in [6.07, 6.45) is -3.97. The van der Waals surface area contributed by atoms with E-state index in [9.17, 15) is 22.8 Å². The fourth-order valence-corrected chi connectivity index (χ4v) is 4.44. The first kappa shape index (κ1) is 24.0. The molecule has 0 bridgehead atoms. The lowest BCUT2D eigenvalue weighted by atomic mass is 9.68. The summed E-state index contributed by atoms with van der Waals surface area (Å²) in [5.41, 5.74) is -0.156. The van der Waals surface area contributed by atoms with E-state index < -0.39 is 23.6 Å². The van der Waals surface area contributed by atoms with Gasteiger partial charge in [-0.25, -0.2) is 4.79 Å². The molecule has 0 spiro atoms. The highest BCUT2D eigenvalue weighted by molar-refractivity contribution is 6.04. The van der Waals surface area contributed by atoms with Crippen LogP contribution in [0.3, 0.4) is 0 Å². The number of carbonyl (C=O) groups excluding carboxylic acids is 2. The molecule has 0 aromatic heterocycles. The van der Waals surface area contributed by atoms with Gasteiger partial charge in [0.1, 0.15) is 6.61 Å². The molecule has 1 atom stereocenters. The molecular weight excluding hydrogens is 423 g/mol. The normalized spacial score (nSPS) is 20.7. The van der Waals surface area contributed by atoms with Crippen LogP contribution in [-0.2, 0) is 25.2 Å². The molecule has 2 aliphatic rings. The Morgan fingerprint density at radius 3 is 2.53 bits per heavy atom. The van der Waals surface area contributed by atoms with Crippen LogP contribution in [0.1, 0.15) is 57.6 Å². The lowest BCUT2D eigenvalue weighted by molar-refractivity contribution is -0.142. The number of dihydropyridines is 1. The number of Topliss-reactive ketones (excluding diaryl/α,β-unsaturated/α-hetero) is 1. The van der Waals surface area contributed by atoms with E-state index >= 15 is 0 Å². The molecule has 5 nitrogen and oxygen atoms in total. The molecule has 32 heavy (non-hydrogen) atoms. The highest BCUT2D eigenvalue weighted by Gasteiger charge is 2.46. The molecule has 3 rings (SSSR count). The number of ether oxygens (including phenoxy) is 2. The Bertz CT molecular complexity index is 976. The maximum Gasteiger partial charge on any atom is 0.416 e. The van der Waals surface area contributed by atoms with E-state index in [0.29, 0.717) is 24.4 Å². The Morgan fingerprint density at radius 1 is 1.19 bits per heavy atom. The van der Waals surface area contributed by atoms with Crippen molar-refractivity contribution in [2.75, 3.05) is 19.8 Å². The molecule has 0 saturated heterocycles. The van der Waals surface area contributed by atoms with Crippen molar-refractivity contribution in [2.24, 2.45) is 5.41 Å². The fraction of sp³-hybridized carbons (Fsp3) is 0.500. The minimum atomic E-state index is -4.64. The second kappa shape index (κ2) is 9.10. The number of halogens is 3. The molecule has 0 radical (unpaired) electrons. The van der Waals surface area contributed by atoms with Crippen molar-refractivity contribution in [1.29, 1.82) is 0 Å². The molecule has 1 aromatic rings. The Balaban J connectivity index is 2.14. The highest BCUT2D eigenvalue weighted by Crippen LogP contribution is 2.49. The lowest BCUT2D eigenvalue weighted by Crippen LogP contribution is -2.39. The van der Waals surface area contributed by atoms with Crippen LogP contribution in [0.15, 0.2) is 46.8 Å². The van der Waals surface area contributed by atoms with Gasteiger partial charge in [-0.15, -0.1) is 0 Å². The molecule has 0 amide bonds. The van der Waals surface area contributed by atoms with E-state index in [1.807, 2.05) is 13.8 Å². The molecular formula is C24H28F3NO4. The molecule has 0 saturated carbocycles. The van der Waals surface area contributed by atoms with Gasteiger partial charge in [0.2, 0.25) is 0 Å². The molecule has 1 aromatic carbocycles. The van der Waals surface area contributed by atoms with E-state index in [4.69, 9.17) is 9.47 Å². The summed E-state index contributed by atoms with van der Waals surface area (Å²) in [4.78, 5) is 26.2. The number of alkyl halides is 3. The largest absolute Gasteiger partial charge is 0.460 e. The van der Waals surface area contributed by atoms with Crippen LogP contribution in [0.2, 0.25) is 0 Å². The van der Waals surface area contributed by atoms with Crippen LogP contribution in [0.25, 0.3) is 0 Å². The average molecular weight is 451 g/mol. The summed E-state index contributed by atoms with van der Waals surface area (Å²) in [7, 11) is 0. The number of esters is 1. The first-order valence-electron chi connectivity index (χ1n) is 10.6. The fourth-order valence-electron chi connectivity index (χ4n) is 4.44. The van der Waals surface area contributed by atoms with Crippen LogP contribution in [0.4, 0.5) is 13.2 Å². The summed E-state index contributed by atoms with van der Waals surface area (Å²) in [5, 5.41) is 3.12. The first-order valence-corrected chi connectivity index (χ1v) is 10.6. The second-order valence-corrected chi connectivity index (χ2v) is 8.85. The highest BCUT2D eigenvalue weighted by atomic mass is 19.4. The third-order valence-electron chi connectivity index (χ3n) is 5.70. The van der Waals surface area contributed by atoms with Crippen molar-refractivity contribution in [3.8, 4) is 0 Å². The Morgan fingerprint density at radius 2 is 1.88 bits per heavy atom. The van der Waals surface area contributed by atoms with Crippen LogP contribution in [-0.4, -0.2) is 31.6 Å². The Hall–Kier alpha value is -2.61. The summed E-state index contributed by atoms with van der Waals surface area (Å²) in [5.74, 6) is -2.19. The lowest BCUT2D eigenvalue weighted by Gasteiger charge is -2.40. The predicted molar refractivity (Wildman–Crippen MR) is 113 cm³/mol. The molecule has 1 aliphatic heterocycles. The number of allylic oxidation sites excluding steroid dienone is 3. The van der Waals surface area contributed by atoms with Gasteiger partial charge in [-0.05, 0) is 37.3 Å². The predicted octanol–water partition coefficient (Wildman–Crippen LogP) is 4.89. The van der Waals surface area contributed by atoms with Crippen molar-refractivity contribution in [1.82, 2.24) is 5.32 Å². The molecule has 0 unspecified atom stereocenters. The van der Waals surface area contributed by atoms with Crippen LogP contribution in [0, 0.1) is 5.41 Å². The molecule has 1 aliphatic carbocycles.